The third kappa shape index (κ3) is 8.53. The topological polar surface area (TPSA) is 181 Å². The number of anilines is 1. The van der Waals surface area contributed by atoms with E-state index in [0.717, 1.165) is 50.1 Å². The van der Waals surface area contributed by atoms with E-state index in [1.54, 1.807) is 18.2 Å². The normalized spacial score (nSPS) is 26.4. The lowest BCUT2D eigenvalue weighted by atomic mass is 10.0. The van der Waals surface area contributed by atoms with Crippen molar-refractivity contribution in [3.8, 4) is 22.9 Å². The van der Waals surface area contributed by atoms with Crippen LogP contribution in [-0.4, -0.2) is 93.4 Å². The number of amides is 3. The first-order valence-electron chi connectivity index (χ1n) is 19.5. The molecule has 14 nitrogen and oxygen atoms in total. The molecule has 0 radical (unpaired) electrons. The van der Waals surface area contributed by atoms with E-state index in [2.05, 4.69) is 16.0 Å². The van der Waals surface area contributed by atoms with Crippen molar-refractivity contribution in [1.82, 2.24) is 25.5 Å². The molecule has 7 rings (SSSR count). The minimum Gasteiger partial charge on any atom is -0.495 e. The van der Waals surface area contributed by atoms with E-state index in [0.29, 0.717) is 46.6 Å². The van der Waals surface area contributed by atoms with Crippen molar-refractivity contribution in [3.63, 3.8) is 0 Å². The second-order valence-electron chi connectivity index (χ2n) is 15.5. The second-order valence-corrected chi connectivity index (χ2v) is 16.7. The number of methoxy groups -OCH3 is 1. The molecule has 2 aromatic heterocycles. The molecular formula is C40H49ClN6O8S. The van der Waals surface area contributed by atoms with Crippen LogP contribution in [-0.2, 0) is 19.1 Å². The molecule has 4 N–H and O–H groups in total. The van der Waals surface area contributed by atoms with Gasteiger partial charge >= 0.3 is 12.1 Å². The molecule has 56 heavy (non-hydrogen) atoms. The van der Waals surface area contributed by atoms with E-state index in [-0.39, 0.29) is 42.5 Å². The maximum Gasteiger partial charge on any atom is 0.408 e. The Balaban J connectivity index is 1.22. The Morgan fingerprint density at radius 1 is 1.05 bits per heavy atom. The molecule has 2 aliphatic carbocycles. The Bertz CT molecular complexity index is 2000. The van der Waals surface area contributed by atoms with E-state index in [4.69, 9.17) is 35.8 Å². The highest BCUT2D eigenvalue weighted by molar-refractivity contribution is 7.14. The third-order valence-electron chi connectivity index (χ3n) is 11.0. The van der Waals surface area contributed by atoms with E-state index in [1.165, 1.54) is 23.3 Å². The Morgan fingerprint density at radius 3 is 2.59 bits per heavy atom. The Labute approximate surface area is 334 Å². The zero-order chi connectivity index (χ0) is 39.6. The number of aromatic nitrogens is 2. The molecule has 2 aliphatic heterocycles. The molecule has 3 aromatic rings. The minimum atomic E-state index is -1.47. The number of alkyl carbamates (subject to hydrolysis) is 1. The maximum absolute atomic E-state index is 14.6. The molecule has 4 aliphatic rings. The summed E-state index contributed by atoms with van der Waals surface area (Å²) in [6.07, 6.45) is 9.49. The number of benzene rings is 1. The molecule has 3 amide bonds. The van der Waals surface area contributed by atoms with Gasteiger partial charge in [-0.2, -0.15) is 0 Å². The highest BCUT2D eigenvalue weighted by Gasteiger charge is 2.61. The summed E-state index contributed by atoms with van der Waals surface area (Å²) >= 11 is 8.26. The summed E-state index contributed by atoms with van der Waals surface area (Å²) in [4.78, 5) is 65.5. The number of nitrogens with zero attached hydrogens (tertiary/aromatic N) is 3. The van der Waals surface area contributed by atoms with Gasteiger partial charge in [0.15, 0.2) is 5.13 Å². The summed E-state index contributed by atoms with van der Waals surface area (Å²) in [5, 5.41) is 22.7. The van der Waals surface area contributed by atoms with Crippen molar-refractivity contribution in [1.29, 1.82) is 0 Å². The van der Waals surface area contributed by atoms with Crippen LogP contribution >= 0.6 is 22.9 Å². The zero-order valence-corrected chi connectivity index (χ0v) is 33.4. The van der Waals surface area contributed by atoms with Crippen molar-refractivity contribution in [2.24, 2.45) is 5.92 Å². The molecule has 5 atom stereocenters. The number of fused-ring (bicyclic) bond motifs is 3. The largest absolute Gasteiger partial charge is 0.495 e. The summed E-state index contributed by atoms with van der Waals surface area (Å²) in [7, 11) is 1.52. The van der Waals surface area contributed by atoms with Gasteiger partial charge in [0.25, 0.3) is 0 Å². The highest BCUT2D eigenvalue weighted by Crippen LogP contribution is 2.46. The number of pyridine rings is 1. The van der Waals surface area contributed by atoms with Crippen molar-refractivity contribution in [2.75, 3.05) is 19.0 Å². The van der Waals surface area contributed by atoms with E-state index >= 15 is 0 Å². The fourth-order valence-electron chi connectivity index (χ4n) is 7.96. The Hall–Kier alpha value is -4.63. The highest BCUT2D eigenvalue weighted by atomic mass is 35.5. The van der Waals surface area contributed by atoms with Crippen molar-refractivity contribution in [3.05, 3.63) is 40.8 Å². The molecule has 1 aromatic carbocycles. The molecule has 16 heteroatoms. The predicted octanol–water partition coefficient (Wildman–Crippen LogP) is 6.71. The number of carboxylic acid groups (broad SMARTS) is 1. The van der Waals surface area contributed by atoms with Crippen LogP contribution in [0, 0.1) is 5.92 Å². The van der Waals surface area contributed by atoms with Gasteiger partial charge < -0.3 is 40.2 Å². The molecule has 0 bridgehead atoms. The number of thiazole rings is 1. The molecule has 0 unspecified atom stereocenters. The number of rotatable bonds is 9. The lowest BCUT2D eigenvalue weighted by Crippen LogP contribution is -2.56. The number of carbonyl (C=O) groups excluding carboxylic acids is 3. The average molecular weight is 809 g/mol. The van der Waals surface area contributed by atoms with E-state index in [9.17, 15) is 24.3 Å². The number of aliphatic carboxylic acids is 1. The lowest BCUT2D eigenvalue weighted by molar-refractivity contribution is -0.145. The molecule has 1 saturated heterocycles. The minimum absolute atomic E-state index is 0.00162. The first kappa shape index (κ1) is 39.6. The smallest absolute Gasteiger partial charge is 0.408 e. The molecule has 2 saturated carbocycles. The summed E-state index contributed by atoms with van der Waals surface area (Å²) in [5.41, 5.74) is 0.0572. The van der Waals surface area contributed by atoms with Crippen LogP contribution in [0.3, 0.4) is 0 Å². The molecule has 0 spiro atoms. The van der Waals surface area contributed by atoms with Crippen LogP contribution in [0.2, 0.25) is 5.02 Å². The number of hydrogen-bond acceptors (Lipinski definition) is 11. The number of ether oxygens (including phenoxy) is 3. The van der Waals surface area contributed by atoms with Gasteiger partial charge in [-0.1, -0.05) is 36.6 Å². The molecular weight excluding hydrogens is 760 g/mol. The SMILES string of the molecule is COc1ccc2c(O[C@@H]3C[C@H]4C(=O)N[C@]5(C(=O)O)C[C@H]5/C=C\CCCCC[C@H](NC(=O)OC5CCCC5)C(=O)N4C3)cc(-c3csc(NC(C)C)n3)nc2c1Cl. The summed E-state index contributed by atoms with van der Waals surface area (Å²) < 4.78 is 17.9. The van der Waals surface area contributed by atoms with Gasteiger partial charge in [-0.05, 0) is 77.3 Å². The number of allylic oxidation sites excluding steroid dienone is 1. The zero-order valence-electron chi connectivity index (χ0n) is 31.8. The van der Waals surface area contributed by atoms with Crippen LogP contribution in [0.4, 0.5) is 9.93 Å². The fraction of sp³-hybridized carbons (Fsp3) is 0.550. The van der Waals surface area contributed by atoms with E-state index in [1.807, 2.05) is 31.4 Å². The van der Waals surface area contributed by atoms with Gasteiger partial charge in [-0.25, -0.2) is 19.6 Å². The quantitative estimate of drug-likeness (QED) is 0.169. The van der Waals surface area contributed by atoms with Gasteiger partial charge in [0, 0.05) is 35.2 Å². The van der Waals surface area contributed by atoms with Crippen LogP contribution < -0.4 is 25.4 Å². The van der Waals surface area contributed by atoms with Crippen molar-refractivity contribution in [2.45, 2.75) is 120 Å². The van der Waals surface area contributed by atoms with Gasteiger partial charge in [-0.3, -0.25) is 9.59 Å². The third-order valence-corrected chi connectivity index (χ3v) is 12.2. The van der Waals surface area contributed by atoms with Crippen molar-refractivity contribution < 1.29 is 38.5 Å². The van der Waals surface area contributed by atoms with E-state index < -0.39 is 47.6 Å². The van der Waals surface area contributed by atoms with Crippen LogP contribution in [0.5, 0.6) is 11.5 Å². The number of carboxylic acids is 1. The summed E-state index contributed by atoms with van der Waals surface area (Å²) in [5.74, 6) is -1.70. The monoisotopic (exact) mass is 808 g/mol. The Kier molecular flexibility index (Phi) is 11.9. The first-order chi connectivity index (χ1) is 26.9. The molecule has 300 valence electrons. The van der Waals surface area contributed by atoms with Gasteiger partial charge in [0.2, 0.25) is 11.8 Å². The first-order valence-corrected chi connectivity index (χ1v) is 20.8. The van der Waals surface area contributed by atoms with Crippen LogP contribution in [0.1, 0.15) is 84.5 Å². The average Bonchev–Trinajstić information content (AvgIpc) is 3.59. The number of carbonyl (C=O) groups is 4. The number of halogens is 1. The van der Waals surface area contributed by atoms with Gasteiger partial charge in [-0.15, -0.1) is 11.3 Å². The standard InChI is InChI=1S/C40H49ClN6O8S/c1-22(2)42-38-44-29(21-56-38)28-18-32(26-15-16-31(53-3)33(41)34(26)43-28)54-25-17-30-35(48)46-40(37(50)51)19-23(40)11-7-5-4-6-8-14-27(36(49)47(30)20-25)45-39(52)55-24-12-9-10-13-24/h7,11,15-16,18,21-25,27,30H,4-6,8-10,12-14,17,19-20H2,1-3H3,(H,42,44)(H,45,52)(H,46,48)(H,50,51)/b11-7-/t23-,25-,27+,30+,40-/m1/s1. The number of hydrogen-bond donors (Lipinski definition) is 4. The summed E-state index contributed by atoms with van der Waals surface area (Å²) in [6, 6.07) is 3.41. The molecule has 4 heterocycles. The van der Waals surface area contributed by atoms with Crippen LogP contribution in [0.25, 0.3) is 22.3 Å². The lowest BCUT2D eigenvalue weighted by Gasteiger charge is -2.29. The maximum atomic E-state index is 14.6. The predicted molar refractivity (Wildman–Crippen MR) is 212 cm³/mol. The van der Waals surface area contributed by atoms with Crippen LogP contribution in [0.15, 0.2) is 35.7 Å². The fourth-order valence-corrected chi connectivity index (χ4v) is 9.10. The Morgan fingerprint density at radius 2 is 1.84 bits per heavy atom. The van der Waals surface area contributed by atoms with Gasteiger partial charge in [0.1, 0.15) is 52.0 Å². The molecule has 3 fully saturated rings. The van der Waals surface area contributed by atoms with Crippen molar-refractivity contribution >= 4 is 62.8 Å². The second kappa shape index (κ2) is 16.8. The van der Waals surface area contributed by atoms with Gasteiger partial charge in [0.05, 0.1) is 24.9 Å². The summed E-state index contributed by atoms with van der Waals surface area (Å²) in [6.45, 7) is 4.05. The number of nitrogens with one attached hydrogen (secondary N) is 3.